The van der Waals surface area contributed by atoms with Crippen LogP contribution in [0.4, 0.5) is 16.2 Å². The summed E-state index contributed by atoms with van der Waals surface area (Å²) in [6, 6.07) is 9.47. The first-order chi connectivity index (χ1) is 19.8. The zero-order chi connectivity index (χ0) is 28.9. The van der Waals surface area contributed by atoms with Crippen molar-refractivity contribution in [3.8, 4) is 17.2 Å². The van der Waals surface area contributed by atoms with Gasteiger partial charge in [0.2, 0.25) is 6.79 Å². The molecule has 2 aliphatic heterocycles. The average molecular weight is 567 g/mol. The Morgan fingerprint density at radius 1 is 1.02 bits per heavy atom. The Bertz CT molecular complexity index is 1230. The lowest BCUT2D eigenvalue weighted by atomic mass is 9.89. The van der Waals surface area contributed by atoms with Gasteiger partial charge in [-0.15, -0.1) is 0 Å². The number of fused-ring (bicyclic) bond motifs is 2. The van der Waals surface area contributed by atoms with E-state index in [1.807, 2.05) is 6.92 Å². The predicted octanol–water partition coefficient (Wildman–Crippen LogP) is 4.79. The molecular weight excluding hydrogens is 524 g/mol. The number of urea groups is 1. The van der Waals surface area contributed by atoms with Crippen LogP contribution in [0.3, 0.4) is 0 Å². The summed E-state index contributed by atoms with van der Waals surface area (Å²) in [6.07, 6.45) is 6.37. The largest absolute Gasteiger partial charge is 0.488 e. The molecular formula is C31H42N4O6. The number of amides is 3. The number of carbonyl (C=O) groups is 2. The summed E-state index contributed by atoms with van der Waals surface area (Å²) in [5.74, 6) is 2.22. The summed E-state index contributed by atoms with van der Waals surface area (Å²) in [7, 11) is 2.15. The molecule has 5 rings (SSSR count). The SMILES string of the molecule is C[C@@H]1CN([C@H](C)CO)C(=O)c2cc(NC(=O)Nc3ccc4c(c3)OCO4)ccc2O[C@H]1CN(C)CC1CCCCC1. The number of nitrogens with zero attached hydrogens (tertiary/aromatic N) is 2. The van der Waals surface area contributed by atoms with Crippen LogP contribution in [-0.4, -0.2) is 79.1 Å². The molecule has 3 amide bonds. The second-order valence-corrected chi connectivity index (χ2v) is 11.7. The third-order valence-electron chi connectivity index (χ3n) is 8.34. The number of hydrogen-bond donors (Lipinski definition) is 3. The van der Waals surface area contributed by atoms with Crippen LogP contribution in [0.25, 0.3) is 0 Å². The first-order valence-electron chi connectivity index (χ1n) is 14.7. The first kappa shape index (κ1) is 29.0. The van der Waals surface area contributed by atoms with Gasteiger partial charge in [0.25, 0.3) is 5.91 Å². The number of rotatable bonds is 8. The highest BCUT2D eigenvalue weighted by atomic mass is 16.7. The lowest BCUT2D eigenvalue weighted by molar-refractivity contribution is 0.0330. The standard InChI is InChI=1S/C31H42N4O6/c1-20-15-35(21(2)18-36)30(37)25-13-23(32-31(38)33-24-10-12-27-28(14-24)40-19-39-27)9-11-26(25)41-29(20)17-34(3)16-22-7-5-4-6-8-22/h9-14,20-22,29,36H,4-8,15-19H2,1-3H3,(H2,32,33,38)/t20-,21-,29+/m1/s1. The van der Waals surface area contributed by atoms with Gasteiger partial charge < -0.3 is 39.8 Å². The number of aliphatic hydroxyl groups is 1. The highest BCUT2D eigenvalue weighted by Crippen LogP contribution is 2.35. The summed E-state index contributed by atoms with van der Waals surface area (Å²) in [5, 5.41) is 15.6. The molecule has 0 saturated heterocycles. The maximum atomic E-state index is 13.7. The quantitative estimate of drug-likeness (QED) is 0.421. The summed E-state index contributed by atoms with van der Waals surface area (Å²) in [4.78, 5) is 30.6. The van der Waals surface area contributed by atoms with Gasteiger partial charge in [-0.25, -0.2) is 4.79 Å². The van der Waals surface area contributed by atoms with Gasteiger partial charge in [0.05, 0.1) is 18.2 Å². The maximum Gasteiger partial charge on any atom is 0.323 e. The Hall–Kier alpha value is -3.50. The van der Waals surface area contributed by atoms with Gasteiger partial charge in [0.15, 0.2) is 11.5 Å². The predicted molar refractivity (Wildman–Crippen MR) is 157 cm³/mol. The van der Waals surface area contributed by atoms with Gasteiger partial charge in [-0.1, -0.05) is 26.2 Å². The van der Waals surface area contributed by atoms with Gasteiger partial charge in [-0.05, 0) is 63.1 Å². The minimum atomic E-state index is -0.459. The smallest absolute Gasteiger partial charge is 0.323 e. The Kier molecular flexibility index (Phi) is 9.19. The van der Waals surface area contributed by atoms with Crippen molar-refractivity contribution in [3.63, 3.8) is 0 Å². The number of carbonyl (C=O) groups excluding carboxylic acids is 2. The molecule has 0 bridgehead atoms. The van der Waals surface area contributed by atoms with E-state index in [0.717, 1.165) is 19.0 Å². The number of nitrogens with one attached hydrogen (secondary N) is 2. The molecule has 2 aromatic carbocycles. The molecule has 1 saturated carbocycles. The third-order valence-corrected chi connectivity index (χ3v) is 8.34. The van der Waals surface area contributed by atoms with E-state index in [2.05, 4.69) is 29.5 Å². The van der Waals surface area contributed by atoms with Crippen LogP contribution in [-0.2, 0) is 0 Å². The molecule has 41 heavy (non-hydrogen) atoms. The number of benzene rings is 2. The lowest BCUT2D eigenvalue weighted by Crippen LogP contribution is -2.50. The Labute approximate surface area is 241 Å². The van der Waals surface area contributed by atoms with E-state index in [1.165, 1.54) is 32.1 Å². The molecule has 222 valence electrons. The monoisotopic (exact) mass is 566 g/mol. The summed E-state index contributed by atoms with van der Waals surface area (Å²) >= 11 is 0. The van der Waals surface area contributed by atoms with Crippen LogP contribution in [0.5, 0.6) is 17.2 Å². The first-order valence-corrected chi connectivity index (χ1v) is 14.7. The van der Waals surface area contributed by atoms with Gasteiger partial charge in [0.1, 0.15) is 11.9 Å². The highest BCUT2D eigenvalue weighted by molar-refractivity contribution is 6.02. The number of hydrogen-bond acceptors (Lipinski definition) is 7. The molecule has 2 aromatic rings. The zero-order valence-corrected chi connectivity index (χ0v) is 24.2. The Balaban J connectivity index is 1.32. The van der Waals surface area contributed by atoms with Crippen molar-refractivity contribution in [3.05, 3.63) is 42.0 Å². The van der Waals surface area contributed by atoms with E-state index in [1.54, 1.807) is 41.3 Å². The maximum absolute atomic E-state index is 13.7. The van der Waals surface area contributed by atoms with E-state index in [4.69, 9.17) is 14.2 Å². The molecule has 1 aliphatic carbocycles. The van der Waals surface area contributed by atoms with Crippen LogP contribution >= 0.6 is 0 Å². The zero-order valence-electron chi connectivity index (χ0n) is 24.2. The van der Waals surface area contributed by atoms with Crippen LogP contribution in [0, 0.1) is 11.8 Å². The van der Waals surface area contributed by atoms with Gasteiger partial charge >= 0.3 is 6.03 Å². The van der Waals surface area contributed by atoms with Crippen LogP contribution < -0.4 is 24.8 Å². The van der Waals surface area contributed by atoms with Gasteiger partial charge in [-0.3, -0.25) is 4.79 Å². The van der Waals surface area contributed by atoms with Crippen molar-refractivity contribution < 1.29 is 28.9 Å². The molecule has 0 radical (unpaired) electrons. The fourth-order valence-corrected chi connectivity index (χ4v) is 5.98. The molecule has 3 N–H and O–H groups in total. The number of likely N-dealkylation sites (N-methyl/N-ethyl adjacent to an activating group) is 1. The van der Waals surface area contributed by atoms with Crippen LogP contribution in [0.1, 0.15) is 56.3 Å². The van der Waals surface area contributed by atoms with Gasteiger partial charge in [-0.2, -0.15) is 0 Å². The van der Waals surface area contributed by atoms with E-state index < -0.39 is 6.03 Å². The van der Waals surface area contributed by atoms with E-state index in [-0.39, 0.29) is 37.4 Å². The minimum Gasteiger partial charge on any atom is -0.488 e. The molecule has 3 atom stereocenters. The highest BCUT2D eigenvalue weighted by Gasteiger charge is 2.34. The van der Waals surface area contributed by atoms with Crippen molar-refractivity contribution in [2.75, 3.05) is 50.7 Å². The molecule has 0 unspecified atom stereocenters. The molecule has 1 fully saturated rings. The van der Waals surface area contributed by atoms with Crippen molar-refractivity contribution >= 4 is 23.3 Å². The van der Waals surface area contributed by atoms with E-state index in [9.17, 15) is 14.7 Å². The van der Waals surface area contributed by atoms with E-state index in [0.29, 0.717) is 40.7 Å². The van der Waals surface area contributed by atoms with Crippen molar-refractivity contribution in [1.29, 1.82) is 0 Å². The molecule has 2 heterocycles. The molecule has 3 aliphatic rings. The van der Waals surface area contributed by atoms with Crippen molar-refractivity contribution in [1.82, 2.24) is 9.80 Å². The van der Waals surface area contributed by atoms with E-state index >= 15 is 0 Å². The molecule has 10 nitrogen and oxygen atoms in total. The number of anilines is 2. The second-order valence-electron chi connectivity index (χ2n) is 11.7. The Morgan fingerprint density at radius 3 is 2.44 bits per heavy atom. The van der Waals surface area contributed by atoms with Crippen molar-refractivity contribution in [2.24, 2.45) is 11.8 Å². The van der Waals surface area contributed by atoms with Gasteiger partial charge in [0, 0.05) is 43.0 Å². The summed E-state index contributed by atoms with van der Waals surface area (Å²) in [5.41, 5.74) is 1.36. The van der Waals surface area contributed by atoms with Crippen LogP contribution in [0.15, 0.2) is 36.4 Å². The lowest BCUT2D eigenvalue weighted by Gasteiger charge is -2.38. The Morgan fingerprint density at radius 2 is 1.71 bits per heavy atom. The minimum absolute atomic E-state index is 0.0557. The average Bonchev–Trinajstić information content (AvgIpc) is 3.43. The number of aliphatic hydroxyl groups excluding tert-OH is 1. The topological polar surface area (TPSA) is 113 Å². The second kappa shape index (κ2) is 13.0. The molecule has 0 spiro atoms. The third kappa shape index (κ3) is 7.05. The molecule has 0 aromatic heterocycles. The molecule has 10 heteroatoms. The summed E-state index contributed by atoms with van der Waals surface area (Å²) in [6.45, 7) is 6.20. The summed E-state index contributed by atoms with van der Waals surface area (Å²) < 4.78 is 17.2. The number of ether oxygens (including phenoxy) is 3. The van der Waals surface area contributed by atoms with Crippen molar-refractivity contribution in [2.45, 2.75) is 58.1 Å². The fraction of sp³-hybridized carbons (Fsp3) is 0.548. The normalized spacial score (nSPS) is 21.5. The van der Waals surface area contributed by atoms with Crippen LogP contribution in [0.2, 0.25) is 0 Å². The fourth-order valence-electron chi connectivity index (χ4n) is 5.98.